The predicted molar refractivity (Wildman–Crippen MR) is 116 cm³/mol. The third-order valence-electron chi connectivity index (χ3n) is 4.81. The fourth-order valence-electron chi connectivity index (χ4n) is 2.97. The number of rotatable bonds is 7. The van der Waals surface area contributed by atoms with E-state index in [9.17, 15) is 18.0 Å². The molecule has 1 aromatic heterocycles. The number of benzene rings is 2. The van der Waals surface area contributed by atoms with Gasteiger partial charge in [0, 0.05) is 6.54 Å². The standard InChI is InChI=1S/C21H19Cl2F3N4O3/c1-11(20(31)27-9-12-4-5-17(32-2)18(6-12)33-3)16-10-28-30(29-16)19-14(22)7-13(8-15(19)23)21(24,25)26/h4-8,10-11H,9H2,1-3H3,(H,27,31). The van der Waals surface area contributed by atoms with E-state index in [-0.39, 0.29) is 33.9 Å². The first-order valence-electron chi connectivity index (χ1n) is 9.52. The van der Waals surface area contributed by atoms with E-state index in [1.54, 1.807) is 25.1 Å². The molecular formula is C21H19Cl2F3N4O3. The Morgan fingerprint density at radius 2 is 1.76 bits per heavy atom. The molecule has 1 unspecified atom stereocenters. The number of carbonyl (C=O) groups is 1. The third kappa shape index (κ3) is 5.51. The average molecular weight is 503 g/mol. The number of ether oxygens (including phenoxy) is 2. The molecule has 7 nitrogen and oxygen atoms in total. The van der Waals surface area contributed by atoms with Crippen LogP contribution in [-0.4, -0.2) is 35.1 Å². The van der Waals surface area contributed by atoms with E-state index in [1.165, 1.54) is 20.4 Å². The van der Waals surface area contributed by atoms with E-state index in [0.717, 1.165) is 22.5 Å². The van der Waals surface area contributed by atoms with E-state index in [2.05, 4.69) is 15.5 Å². The lowest BCUT2D eigenvalue weighted by atomic mass is 10.1. The molecule has 0 bridgehead atoms. The van der Waals surface area contributed by atoms with Gasteiger partial charge in [-0.3, -0.25) is 4.79 Å². The van der Waals surface area contributed by atoms with E-state index < -0.39 is 17.7 Å². The molecule has 176 valence electrons. The van der Waals surface area contributed by atoms with Crippen LogP contribution in [0.25, 0.3) is 5.69 Å². The number of nitrogens with zero attached hydrogens (tertiary/aromatic N) is 3. The maximum absolute atomic E-state index is 12.9. The Hall–Kier alpha value is -2.98. The fraction of sp³-hybridized carbons (Fsp3) is 0.286. The van der Waals surface area contributed by atoms with Gasteiger partial charge in [0.15, 0.2) is 11.5 Å². The van der Waals surface area contributed by atoms with Gasteiger partial charge in [-0.1, -0.05) is 29.3 Å². The van der Waals surface area contributed by atoms with Crippen molar-refractivity contribution in [2.45, 2.75) is 25.6 Å². The molecule has 0 aliphatic heterocycles. The summed E-state index contributed by atoms with van der Waals surface area (Å²) in [6, 6.07) is 6.74. The van der Waals surface area contributed by atoms with E-state index in [0.29, 0.717) is 11.5 Å². The quantitative estimate of drug-likeness (QED) is 0.490. The monoisotopic (exact) mass is 502 g/mol. The lowest BCUT2D eigenvalue weighted by Gasteiger charge is -2.13. The zero-order chi connectivity index (χ0) is 24.3. The number of alkyl halides is 3. The SMILES string of the molecule is COc1ccc(CNC(=O)C(C)c2cnn(-c3c(Cl)cc(C(F)(F)F)cc3Cl)n2)cc1OC. The van der Waals surface area contributed by atoms with Crippen LogP contribution in [0.5, 0.6) is 11.5 Å². The highest BCUT2D eigenvalue weighted by Gasteiger charge is 2.32. The van der Waals surface area contributed by atoms with Crippen molar-refractivity contribution in [1.82, 2.24) is 20.3 Å². The normalized spacial score (nSPS) is 12.4. The van der Waals surface area contributed by atoms with Crippen LogP contribution in [-0.2, 0) is 17.5 Å². The molecule has 33 heavy (non-hydrogen) atoms. The van der Waals surface area contributed by atoms with Gasteiger partial charge in [-0.25, -0.2) is 0 Å². The molecule has 0 aliphatic carbocycles. The Balaban J connectivity index is 1.73. The van der Waals surface area contributed by atoms with Crippen molar-refractivity contribution in [2.75, 3.05) is 14.2 Å². The zero-order valence-electron chi connectivity index (χ0n) is 17.7. The molecule has 0 aliphatic rings. The van der Waals surface area contributed by atoms with Gasteiger partial charge in [0.2, 0.25) is 5.91 Å². The second-order valence-corrected chi connectivity index (χ2v) is 7.79. The van der Waals surface area contributed by atoms with Gasteiger partial charge in [-0.15, -0.1) is 4.80 Å². The summed E-state index contributed by atoms with van der Waals surface area (Å²) in [4.78, 5) is 13.6. The highest BCUT2D eigenvalue weighted by atomic mass is 35.5. The minimum absolute atomic E-state index is 0.0180. The van der Waals surface area contributed by atoms with Gasteiger partial charge in [-0.05, 0) is 36.8 Å². The number of hydrogen-bond acceptors (Lipinski definition) is 5. The number of nitrogens with one attached hydrogen (secondary N) is 1. The molecule has 3 aromatic rings. The molecular weight excluding hydrogens is 484 g/mol. The smallest absolute Gasteiger partial charge is 0.416 e. The van der Waals surface area contributed by atoms with Gasteiger partial charge < -0.3 is 14.8 Å². The summed E-state index contributed by atoms with van der Waals surface area (Å²) >= 11 is 12.0. The first kappa shape index (κ1) is 24.7. The average Bonchev–Trinajstić information content (AvgIpc) is 3.25. The van der Waals surface area contributed by atoms with E-state index >= 15 is 0 Å². The first-order valence-corrected chi connectivity index (χ1v) is 10.3. The second kappa shape index (κ2) is 9.88. The highest BCUT2D eigenvalue weighted by molar-refractivity contribution is 6.37. The lowest BCUT2D eigenvalue weighted by Crippen LogP contribution is -2.27. The van der Waals surface area contributed by atoms with Crippen LogP contribution in [0.15, 0.2) is 36.5 Å². The second-order valence-electron chi connectivity index (χ2n) is 6.97. The Morgan fingerprint density at radius 1 is 1.12 bits per heavy atom. The maximum Gasteiger partial charge on any atom is 0.416 e. The minimum Gasteiger partial charge on any atom is -0.493 e. The van der Waals surface area contributed by atoms with Crippen LogP contribution >= 0.6 is 23.2 Å². The molecule has 0 radical (unpaired) electrons. The predicted octanol–water partition coefficient (Wildman–Crippen LogP) is 5.03. The molecule has 0 spiro atoms. The molecule has 0 saturated carbocycles. The number of halogens is 5. The molecule has 1 heterocycles. The number of amides is 1. The summed E-state index contributed by atoms with van der Waals surface area (Å²) in [5.41, 5.74) is 0.0686. The molecule has 1 atom stereocenters. The van der Waals surface area contributed by atoms with Crippen molar-refractivity contribution < 1.29 is 27.4 Å². The Bertz CT molecular complexity index is 1140. The summed E-state index contributed by atoms with van der Waals surface area (Å²) in [7, 11) is 3.04. The minimum atomic E-state index is -4.60. The van der Waals surface area contributed by atoms with Gasteiger partial charge in [0.1, 0.15) is 5.69 Å². The molecule has 2 aromatic carbocycles. The van der Waals surface area contributed by atoms with Crippen LogP contribution in [0, 0.1) is 0 Å². The summed E-state index contributed by atoms with van der Waals surface area (Å²) < 4.78 is 49.3. The number of carbonyl (C=O) groups excluding carboxylic acids is 1. The molecule has 1 amide bonds. The van der Waals surface area contributed by atoms with Crippen molar-refractivity contribution in [3.8, 4) is 17.2 Å². The molecule has 0 saturated heterocycles. The van der Waals surface area contributed by atoms with Gasteiger partial charge in [0.25, 0.3) is 0 Å². The topological polar surface area (TPSA) is 78.3 Å². The Labute approximate surface area is 197 Å². The molecule has 0 fully saturated rings. The van der Waals surface area contributed by atoms with E-state index in [4.69, 9.17) is 32.7 Å². The zero-order valence-corrected chi connectivity index (χ0v) is 19.2. The summed E-state index contributed by atoms with van der Waals surface area (Å²) in [5, 5.41) is 10.4. The van der Waals surface area contributed by atoms with Crippen LogP contribution < -0.4 is 14.8 Å². The van der Waals surface area contributed by atoms with Crippen LogP contribution in [0.3, 0.4) is 0 Å². The highest BCUT2D eigenvalue weighted by Crippen LogP contribution is 2.37. The fourth-order valence-corrected chi connectivity index (χ4v) is 3.61. The lowest BCUT2D eigenvalue weighted by molar-refractivity contribution is -0.137. The van der Waals surface area contributed by atoms with Gasteiger partial charge in [-0.2, -0.15) is 23.4 Å². The Morgan fingerprint density at radius 3 is 2.33 bits per heavy atom. The summed E-state index contributed by atoms with van der Waals surface area (Å²) in [6.45, 7) is 1.85. The van der Waals surface area contributed by atoms with E-state index in [1.807, 2.05) is 0 Å². The van der Waals surface area contributed by atoms with Crippen LogP contribution in [0.1, 0.15) is 29.7 Å². The molecule has 12 heteroatoms. The summed E-state index contributed by atoms with van der Waals surface area (Å²) in [5.74, 6) is 0.0658. The largest absolute Gasteiger partial charge is 0.493 e. The van der Waals surface area contributed by atoms with Gasteiger partial charge >= 0.3 is 6.18 Å². The van der Waals surface area contributed by atoms with Crippen molar-refractivity contribution >= 4 is 29.1 Å². The van der Waals surface area contributed by atoms with Crippen molar-refractivity contribution in [3.05, 3.63) is 63.4 Å². The number of methoxy groups -OCH3 is 2. The van der Waals surface area contributed by atoms with Crippen LogP contribution in [0.2, 0.25) is 10.0 Å². The van der Waals surface area contributed by atoms with Crippen molar-refractivity contribution in [1.29, 1.82) is 0 Å². The van der Waals surface area contributed by atoms with Crippen molar-refractivity contribution in [2.24, 2.45) is 0 Å². The Kier molecular flexibility index (Phi) is 7.38. The third-order valence-corrected chi connectivity index (χ3v) is 5.38. The summed E-state index contributed by atoms with van der Waals surface area (Å²) in [6.07, 6.45) is -3.28. The first-order chi connectivity index (χ1) is 15.5. The molecule has 1 N–H and O–H groups in total. The number of aromatic nitrogens is 3. The van der Waals surface area contributed by atoms with Gasteiger partial charge in [0.05, 0.1) is 47.6 Å². The van der Waals surface area contributed by atoms with Crippen LogP contribution in [0.4, 0.5) is 13.2 Å². The van der Waals surface area contributed by atoms with Crippen molar-refractivity contribution in [3.63, 3.8) is 0 Å². The number of hydrogen-bond donors (Lipinski definition) is 1. The maximum atomic E-state index is 12.9. The molecule has 3 rings (SSSR count).